The second kappa shape index (κ2) is 5.45. The summed E-state index contributed by atoms with van der Waals surface area (Å²) in [7, 11) is 0. The van der Waals surface area contributed by atoms with Crippen LogP contribution in [0.3, 0.4) is 0 Å². The predicted molar refractivity (Wildman–Crippen MR) is 72.6 cm³/mol. The smallest absolute Gasteiger partial charge is 0.105 e. The monoisotopic (exact) mass is 248 g/mol. The number of hydrogen-bond donors (Lipinski definition) is 1. The van der Waals surface area contributed by atoms with Gasteiger partial charge in [-0.25, -0.2) is 0 Å². The van der Waals surface area contributed by atoms with Gasteiger partial charge >= 0.3 is 0 Å². The van der Waals surface area contributed by atoms with E-state index in [0.717, 1.165) is 36.9 Å². The number of rotatable bonds is 5. The maximum Gasteiger partial charge on any atom is 0.105 e. The lowest BCUT2D eigenvalue weighted by Gasteiger charge is -2.39. The summed E-state index contributed by atoms with van der Waals surface area (Å²) in [6.45, 7) is 4.49. The Bertz CT molecular complexity index is 349. The molecule has 3 rings (SSSR count). The van der Waals surface area contributed by atoms with E-state index in [1.807, 2.05) is 6.07 Å². The average Bonchev–Trinajstić information content (AvgIpc) is 2.94. The molecule has 1 aromatic rings. The molecule has 2 aliphatic rings. The van der Waals surface area contributed by atoms with Gasteiger partial charge in [-0.3, -0.25) is 4.90 Å². The molecule has 0 amide bonds. The van der Waals surface area contributed by atoms with Crippen LogP contribution in [0.4, 0.5) is 0 Å². The fourth-order valence-electron chi connectivity index (χ4n) is 3.79. The van der Waals surface area contributed by atoms with Crippen molar-refractivity contribution in [3.8, 4) is 0 Å². The molecule has 3 nitrogen and oxygen atoms in total. The lowest BCUT2D eigenvalue weighted by atomic mass is 9.97. The molecule has 100 valence electrons. The second-order valence-corrected chi connectivity index (χ2v) is 5.68. The van der Waals surface area contributed by atoms with Crippen LogP contribution in [0, 0.1) is 0 Å². The highest BCUT2D eigenvalue weighted by molar-refractivity contribution is 5.02. The zero-order chi connectivity index (χ0) is 12.4. The molecule has 0 saturated carbocycles. The van der Waals surface area contributed by atoms with E-state index in [-0.39, 0.29) is 0 Å². The topological polar surface area (TPSA) is 28.4 Å². The van der Waals surface area contributed by atoms with E-state index in [9.17, 15) is 0 Å². The highest BCUT2D eigenvalue weighted by Crippen LogP contribution is 2.35. The maximum absolute atomic E-state index is 5.44. The van der Waals surface area contributed by atoms with Crippen LogP contribution in [0.5, 0.6) is 0 Å². The molecular weight excluding hydrogens is 224 g/mol. The van der Waals surface area contributed by atoms with Crippen molar-refractivity contribution in [2.75, 3.05) is 13.1 Å². The van der Waals surface area contributed by atoms with E-state index < -0.39 is 0 Å². The zero-order valence-electron chi connectivity index (χ0n) is 11.3. The Balaban J connectivity index is 1.55. The summed E-state index contributed by atoms with van der Waals surface area (Å²) in [5, 5.41) is 3.63. The van der Waals surface area contributed by atoms with Crippen LogP contribution >= 0.6 is 0 Å². The first-order chi connectivity index (χ1) is 8.86. The molecule has 2 aliphatic heterocycles. The Kier molecular flexibility index (Phi) is 3.71. The molecular formula is C15H24N2O. The van der Waals surface area contributed by atoms with E-state index >= 15 is 0 Å². The molecule has 0 radical (unpaired) electrons. The van der Waals surface area contributed by atoms with E-state index in [1.54, 1.807) is 6.26 Å². The molecule has 2 atom stereocenters. The Morgan fingerprint density at radius 2 is 2.11 bits per heavy atom. The van der Waals surface area contributed by atoms with E-state index in [1.165, 1.54) is 32.2 Å². The first-order valence-electron chi connectivity index (χ1n) is 7.38. The molecule has 0 aromatic carbocycles. The molecule has 3 heteroatoms. The third kappa shape index (κ3) is 2.47. The van der Waals surface area contributed by atoms with Gasteiger partial charge in [0.15, 0.2) is 0 Å². The van der Waals surface area contributed by atoms with Gasteiger partial charge in [-0.1, -0.05) is 6.92 Å². The molecule has 3 heterocycles. The molecule has 1 aromatic heterocycles. The normalized spacial score (nSPS) is 31.9. The van der Waals surface area contributed by atoms with E-state index in [0.29, 0.717) is 0 Å². The molecule has 0 aliphatic carbocycles. The maximum atomic E-state index is 5.44. The van der Waals surface area contributed by atoms with E-state index in [2.05, 4.69) is 23.2 Å². The molecule has 1 N–H and O–H groups in total. The lowest BCUT2D eigenvalue weighted by Crippen LogP contribution is -2.49. The fourth-order valence-corrected chi connectivity index (χ4v) is 3.79. The Morgan fingerprint density at radius 1 is 1.33 bits per heavy atom. The average molecular weight is 248 g/mol. The molecule has 0 spiro atoms. The van der Waals surface area contributed by atoms with Gasteiger partial charge < -0.3 is 9.73 Å². The van der Waals surface area contributed by atoms with Gasteiger partial charge in [0.05, 0.1) is 6.26 Å². The van der Waals surface area contributed by atoms with Gasteiger partial charge in [0, 0.05) is 31.1 Å². The van der Waals surface area contributed by atoms with Gasteiger partial charge in [0.2, 0.25) is 0 Å². The summed E-state index contributed by atoms with van der Waals surface area (Å²) in [4.78, 5) is 2.73. The van der Waals surface area contributed by atoms with Crippen molar-refractivity contribution in [2.24, 2.45) is 0 Å². The molecule has 2 unspecified atom stereocenters. The number of nitrogens with one attached hydrogen (secondary N) is 1. The Hall–Kier alpha value is -0.800. The number of nitrogens with zero attached hydrogens (tertiary/aromatic N) is 1. The summed E-state index contributed by atoms with van der Waals surface area (Å²) < 4.78 is 5.44. The van der Waals surface area contributed by atoms with Crippen LogP contribution in [0.2, 0.25) is 0 Å². The number of furan rings is 1. The molecule has 18 heavy (non-hydrogen) atoms. The number of fused-ring (bicyclic) bond motifs is 2. The Morgan fingerprint density at radius 3 is 2.72 bits per heavy atom. The van der Waals surface area contributed by atoms with Gasteiger partial charge in [0.1, 0.15) is 5.76 Å². The van der Waals surface area contributed by atoms with Crippen LogP contribution in [0.15, 0.2) is 22.8 Å². The largest absolute Gasteiger partial charge is 0.469 e. The van der Waals surface area contributed by atoms with Crippen molar-refractivity contribution in [1.29, 1.82) is 0 Å². The summed E-state index contributed by atoms with van der Waals surface area (Å²) >= 11 is 0. The van der Waals surface area contributed by atoms with Crippen molar-refractivity contribution in [3.63, 3.8) is 0 Å². The van der Waals surface area contributed by atoms with Crippen LogP contribution in [-0.2, 0) is 6.42 Å². The van der Waals surface area contributed by atoms with Crippen LogP contribution in [-0.4, -0.2) is 36.1 Å². The van der Waals surface area contributed by atoms with Crippen molar-refractivity contribution in [3.05, 3.63) is 24.2 Å². The fraction of sp³-hybridized carbons (Fsp3) is 0.733. The predicted octanol–water partition coefficient (Wildman–Crippen LogP) is 2.43. The van der Waals surface area contributed by atoms with Gasteiger partial charge in [0.25, 0.3) is 0 Å². The van der Waals surface area contributed by atoms with Crippen LogP contribution in [0.1, 0.15) is 38.4 Å². The van der Waals surface area contributed by atoms with Crippen LogP contribution in [0.25, 0.3) is 0 Å². The quantitative estimate of drug-likeness (QED) is 0.867. The summed E-state index contributed by atoms with van der Waals surface area (Å²) in [5.41, 5.74) is 0. The first kappa shape index (κ1) is 12.2. The number of hydrogen-bond acceptors (Lipinski definition) is 3. The summed E-state index contributed by atoms with van der Waals surface area (Å²) in [5.74, 6) is 1.13. The van der Waals surface area contributed by atoms with Crippen molar-refractivity contribution >= 4 is 0 Å². The highest BCUT2D eigenvalue weighted by atomic mass is 16.3. The lowest BCUT2D eigenvalue weighted by molar-refractivity contribution is 0.117. The van der Waals surface area contributed by atoms with Gasteiger partial charge in [-0.2, -0.15) is 0 Å². The first-order valence-corrected chi connectivity index (χ1v) is 7.38. The van der Waals surface area contributed by atoms with Crippen LogP contribution < -0.4 is 5.32 Å². The minimum absolute atomic E-state index is 0.757. The minimum atomic E-state index is 0.757. The summed E-state index contributed by atoms with van der Waals surface area (Å²) in [6.07, 6.45) is 8.30. The Labute approximate surface area is 110 Å². The third-order valence-corrected chi connectivity index (χ3v) is 4.57. The van der Waals surface area contributed by atoms with Gasteiger partial charge in [-0.15, -0.1) is 0 Å². The number of piperidine rings is 1. The SMILES string of the molecule is CCNC1CC2CCC(C1)N2CCc1ccco1. The highest BCUT2D eigenvalue weighted by Gasteiger charge is 2.39. The zero-order valence-corrected chi connectivity index (χ0v) is 11.3. The summed E-state index contributed by atoms with van der Waals surface area (Å²) in [6, 6.07) is 6.45. The van der Waals surface area contributed by atoms with Crippen molar-refractivity contribution < 1.29 is 4.42 Å². The van der Waals surface area contributed by atoms with Gasteiger partial charge in [-0.05, 0) is 44.4 Å². The minimum Gasteiger partial charge on any atom is -0.469 e. The van der Waals surface area contributed by atoms with E-state index in [4.69, 9.17) is 4.42 Å². The molecule has 2 saturated heterocycles. The second-order valence-electron chi connectivity index (χ2n) is 5.68. The van der Waals surface area contributed by atoms with Crippen molar-refractivity contribution in [1.82, 2.24) is 10.2 Å². The van der Waals surface area contributed by atoms with Crippen molar-refractivity contribution in [2.45, 2.75) is 57.2 Å². The standard InChI is InChI=1S/C15H24N2O/c1-2-16-12-10-13-5-6-14(11-12)17(13)8-7-15-4-3-9-18-15/h3-4,9,12-14,16H,2,5-8,10-11H2,1H3. The third-order valence-electron chi connectivity index (χ3n) is 4.57. The molecule has 2 fully saturated rings. The molecule has 2 bridgehead atoms.